The first-order chi connectivity index (χ1) is 41.0. The minimum atomic E-state index is -1.61. The monoisotopic (exact) mass is 1220 g/mol. The summed E-state index contributed by atoms with van der Waals surface area (Å²) in [6, 6.07) is -11.0. The Morgan fingerprint density at radius 1 is 0.512 bits per heavy atom. The number of β-amino-alcohol motifs (C(OH)–C–C–N with tert-alkyl or cyclic N) is 1. The van der Waals surface area contributed by atoms with Crippen molar-refractivity contribution in [1.82, 2.24) is 47.0 Å². The average molecular weight is 1220 g/mol. The molecule has 10 atom stereocenters. The molecule has 0 aromatic heterocycles. The van der Waals surface area contributed by atoms with E-state index in [2.05, 4.69) is 52.2 Å². The largest absolute Gasteiger partial charge is 0.480 e. The third kappa shape index (κ3) is 21.1. The molecular weight excluding hydrogens is 1120 g/mol. The highest BCUT2D eigenvalue weighted by Gasteiger charge is 2.47. The molecule has 0 unspecified atom stereocenters. The van der Waals surface area contributed by atoms with Gasteiger partial charge in [0.05, 0.1) is 25.3 Å². The van der Waals surface area contributed by atoms with Crippen molar-refractivity contribution in [2.75, 3.05) is 45.9 Å². The molecule has 0 aromatic rings. The molecule has 32 heteroatoms. The number of guanidine groups is 3. The molecular formula is C54H93N19O13. The minimum absolute atomic E-state index is 0.00425. The summed E-state index contributed by atoms with van der Waals surface area (Å²) in [7, 11) is 0. The van der Waals surface area contributed by atoms with Crippen LogP contribution in [0.1, 0.15) is 135 Å². The van der Waals surface area contributed by atoms with E-state index in [0.717, 1.165) is 43.4 Å². The summed E-state index contributed by atoms with van der Waals surface area (Å²) in [5.74, 6) is -9.41. The van der Waals surface area contributed by atoms with Crippen LogP contribution >= 0.6 is 0 Å². The molecule has 86 heavy (non-hydrogen) atoms. The second-order valence-electron chi connectivity index (χ2n) is 23.1. The summed E-state index contributed by atoms with van der Waals surface area (Å²) in [6.07, 6.45) is 8.24. The van der Waals surface area contributed by atoms with Gasteiger partial charge in [-0.1, -0.05) is 38.5 Å². The zero-order valence-corrected chi connectivity index (χ0v) is 49.0. The number of hydrogen-bond donors (Lipinski definition) is 17. The van der Waals surface area contributed by atoms with Crippen molar-refractivity contribution < 1.29 is 63.3 Å². The van der Waals surface area contributed by atoms with Gasteiger partial charge in [-0.15, -0.1) is 0 Å². The van der Waals surface area contributed by atoms with Crippen molar-refractivity contribution in [3.05, 3.63) is 0 Å². The fourth-order valence-corrected chi connectivity index (χ4v) is 12.2. The van der Waals surface area contributed by atoms with Gasteiger partial charge in [0.2, 0.25) is 53.2 Å². The van der Waals surface area contributed by atoms with Crippen molar-refractivity contribution in [2.24, 2.45) is 72.9 Å². The van der Waals surface area contributed by atoms with Gasteiger partial charge in [-0.2, -0.15) is 0 Å². The second kappa shape index (κ2) is 34.5. The van der Waals surface area contributed by atoms with Gasteiger partial charge in [0, 0.05) is 39.1 Å². The lowest BCUT2D eigenvalue weighted by atomic mass is 9.93. The Labute approximate surface area is 499 Å². The highest BCUT2D eigenvalue weighted by Crippen LogP contribution is 2.32. The first-order valence-corrected chi connectivity index (χ1v) is 30.1. The van der Waals surface area contributed by atoms with Gasteiger partial charge in [0.1, 0.15) is 48.3 Å². The Morgan fingerprint density at radius 2 is 0.953 bits per heavy atom. The lowest BCUT2D eigenvalue weighted by molar-refractivity contribution is -0.148. The molecule has 0 bridgehead atoms. The third-order valence-corrected chi connectivity index (χ3v) is 16.7. The smallest absolute Gasteiger partial charge is 0.326 e. The molecule has 5 fully saturated rings. The Kier molecular flexibility index (Phi) is 27.8. The summed E-state index contributed by atoms with van der Waals surface area (Å²) < 4.78 is 0. The number of aliphatic carboxylic acids is 1. The van der Waals surface area contributed by atoms with Crippen LogP contribution in [0, 0.1) is 17.8 Å². The quantitative estimate of drug-likeness (QED) is 0.0165. The average Bonchev–Trinajstić information content (AvgIpc) is 4.22. The van der Waals surface area contributed by atoms with Crippen LogP contribution in [-0.2, 0) is 47.9 Å². The summed E-state index contributed by atoms with van der Waals surface area (Å²) in [5, 5.41) is 49.9. The number of aliphatic hydroxyl groups excluding tert-OH is 2. The zero-order chi connectivity index (χ0) is 63.0. The molecule has 3 aliphatic carbocycles. The molecule has 24 N–H and O–H groups in total. The van der Waals surface area contributed by atoms with Crippen LogP contribution in [0.25, 0.3) is 0 Å². The number of hydrogen-bond acceptors (Lipinski definition) is 16. The van der Waals surface area contributed by atoms with E-state index in [4.69, 9.17) is 40.1 Å². The number of aliphatic hydroxyl groups is 2. The van der Waals surface area contributed by atoms with E-state index in [1.807, 2.05) is 0 Å². The number of nitrogens with one attached hydrogen (secondary N) is 7. The Balaban J connectivity index is 1.22. The van der Waals surface area contributed by atoms with Crippen molar-refractivity contribution >= 4 is 77.0 Å². The molecule has 0 aromatic carbocycles. The third-order valence-electron chi connectivity index (χ3n) is 16.7. The number of nitrogens with zero attached hydrogens (tertiary/aromatic N) is 5. The lowest BCUT2D eigenvalue weighted by Gasteiger charge is -2.33. The number of rotatable bonds is 33. The maximum absolute atomic E-state index is 14.4. The zero-order valence-electron chi connectivity index (χ0n) is 49.0. The number of carboxylic acid groups (broad SMARTS) is 1. The van der Waals surface area contributed by atoms with Crippen LogP contribution < -0.4 is 77.4 Å². The van der Waals surface area contributed by atoms with E-state index < -0.39 is 139 Å². The second-order valence-corrected chi connectivity index (χ2v) is 23.1. The molecule has 5 aliphatic rings. The summed E-state index contributed by atoms with van der Waals surface area (Å²) in [5.41, 5.74) is 38.7. The Morgan fingerprint density at radius 3 is 1.44 bits per heavy atom. The van der Waals surface area contributed by atoms with Crippen LogP contribution in [0.3, 0.4) is 0 Å². The van der Waals surface area contributed by atoms with Gasteiger partial charge >= 0.3 is 5.97 Å². The topological polar surface area (TPSA) is 541 Å². The van der Waals surface area contributed by atoms with Crippen LogP contribution in [0.5, 0.6) is 0 Å². The lowest BCUT2D eigenvalue weighted by Crippen LogP contribution is -2.62. The highest BCUT2D eigenvalue weighted by atomic mass is 16.4. The Bertz CT molecular complexity index is 2440. The van der Waals surface area contributed by atoms with E-state index in [0.29, 0.717) is 51.4 Å². The van der Waals surface area contributed by atoms with Gasteiger partial charge in [0.15, 0.2) is 17.9 Å². The first kappa shape index (κ1) is 69.2. The summed E-state index contributed by atoms with van der Waals surface area (Å²) >= 11 is 0. The number of carboxylic acids is 1. The SMILES string of the molecule is NC(N)=NCCC[C@@H](N)C(=O)N[C@@H](CCCN=C(N)N)C(=O)N1CCC[C@H]1C(=O)N1C[C@H](O)C[C@H]1C(=O)NCC(=O)N[C@H](C(=O)N[C@@H](CO)C(=O)N[C@@H](C(=O)N[C@H](C(=O)N[C@@H](CCCN=C(N)N)C(=O)O)C1CCCC1)C1CCCC1)C1CCCC1. The molecule has 0 radical (unpaired) electrons. The van der Waals surface area contributed by atoms with Crippen LogP contribution in [0.2, 0.25) is 0 Å². The van der Waals surface area contributed by atoms with Crippen molar-refractivity contribution in [2.45, 2.75) is 195 Å². The molecule has 0 spiro atoms. The fraction of sp³-hybridized carbons (Fsp3) is 0.759. The van der Waals surface area contributed by atoms with Crippen molar-refractivity contribution in [1.29, 1.82) is 0 Å². The summed E-state index contributed by atoms with van der Waals surface area (Å²) in [6.45, 7) is -1.20. The minimum Gasteiger partial charge on any atom is -0.480 e. The predicted molar refractivity (Wildman–Crippen MR) is 314 cm³/mol. The van der Waals surface area contributed by atoms with E-state index in [1.54, 1.807) is 0 Å². The van der Waals surface area contributed by atoms with Gasteiger partial charge in [0.25, 0.3) is 0 Å². The number of carbonyl (C=O) groups excluding carboxylic acids is 9. The first-order valence-electron chi connectivity index (χ1n) is 30.1. The van der Waals surface area contributed by atoms with E-state index in [9.17, 15) is 63.3 Å². The number of carbonyl (C=O) groups is 10. The number of amides is 9. The molecule has 3 saturated carbocycles. The standard InChI is InChI=1S/C54H93N19O13/c55-33(17-7-21-62-52(56)57)43(77)66-34(18-8-22-63-53(58)59)49(83)72-24-10-20-37(72)50(84)73-27-32(75)25-38(73)45(79)65-26-39(76)69-40(29-11-1-2-12-29)46(80)68-36(28-74)44(78)70-42(31-15-5-6-16-31)48(82)71-41(30-13-3-4-14-30)47(81)67-35(51(85)86)19-9-23-64-54(60)61/h29-38,40-42,74-75H,1-28,55H2,(H,65,79)(H,66,77)(H,67,81)(H,68,80)(H,69,76)(H,70,78)(H,71,82)(H,85,86)(H4,56,57,62)(H4,58,59,63)(H4,60,61,64)/t32-,33-,34+,35+,36+,37+,38+,40+,41+,42-/m1/s1. The molecule has 32 nitrogen and oxygen atoms in total. The number of aliphatic imine (C=N–C) groups is 3. The summed E-state index contributed by atoms with van der Waals surface area (Å²) in [4.78, 5) is 152. The van der Waals surface area contributed by atoms with Gasteiger partial charge < -0.3 is 102 Å². The molecule has 9 amide bonds. The van der Waals surface area contributed by atoms with Gasteiger partial charge in [-0.3, -0.25) is 58.1 Å². The molecule has 5 rings (SSSR count). The maximum atomic E-state index is 14.4. The van der Waals surface area contributed by atoms with E-state index in [1.165, 1.54) is 4.90 Å². The van der Waals surface area contributed by atoms with E-state index >= 15 is 0 Å². The van der Waals surface area contributed by atoms with Crippen molar-refractivity contribution in [3.63, 3.8) is 0 Å². The predicted octanol–water partition coefficient (Wildman–Crippen LogP) is -5.90. The molecule has 2 heterocycles. The van der Waals surface area contributed by atoms with Crippen LogP contribution in [0.15, 0.2) is 15.0 Å². The molecule has 482 valence electrons. The fourth-order valence-electron chi connectivity index (χ4n) is 12.2. The normalized spacial score (nSPS) is 21.3. The van der Waals surface area contributed by atoms with E-state index in [-0.39, 0.29) is 107 Å². The highest BCUT2D eigenvalue weighted by molar-refractivity contribution is 5.98. The number of likely N-dealkylation sites (tertiary alicyclic amines) is 2. The van der Waals surface area contributed by atoms with Crippen LogP contribution in [-0.4, -0.2) is 208 Å². The van der Waals surface area contributed by atoms with Gasteiger partial charge in [-0.05, 0) is 108 Å². The Hall–Kier alpha value is -7.61. The maximum Gasteiger partial charge on any atom is 0.326 e. The van der Waals surface area contributed by atoms with Gasteiger partial charge in [-0.25, -0.2) is 4.79 Å². The molecule has 2 saturated heterocycles. The molecule has 2 aliphatic heterocycles. The van der Waals surface area contributed by atoms with Crippen LogP contribution in [0.4, 0.5) is 0 Å². The van der Waals surface area contributed by atoms with Crippen molar-refractivity contribution in [3.8, 4) is 0 Å². The number of nitrogens with two attached hydrogens (primary N) is 7.